The highest BCUT2D eigenvalue weighted by Crippen LogP contribution is 2.36. The van der Waals surface area contributed by atoms with E-state index in [9.17, 15) is 0 Å². The van der Waals surface area contributed by atoms with Gasteiger partial charge in [-0.1, -0.05) is 56.3 Å². The zero-order valence-electron chi connectivity index (χ0n) is 17.5. The summed E-state index contributed by atoms with van der Waals surface area (Å²) in [6.07, 6.45) is 4.16. The standard InChI is InChI=1S/C28H26N2/c1-3-19(4-2)22-14-12-20(17-24(22)26-10-7-8-16-29-26)21-13-15-28-25(18-21)23-9-5-6-11-27(23)30-28/h5-19,30H,3-4H2,1-2H3. The molecule has 2 aromatic heterocycles. The van der Waals surface area contributed by atoms with Crippen LogP contribution in [-0.2, 0) is 0 Å². The van der Waals surface area contributed by atoms with Crippen LogP contribution < -0.4 is 0 Å². The second kappa shape index (κ2) is 7.79. The minimum atomic E-state index is 0.548. The van der Waals surface area contributed by atoms with E-state index in [0.29, 0.717) is 5.92 Å². The van der Waals surface area contributed by atoms with Crippen molar-refractivity contribution >= 4 is 21.8 Å². The van der Waals surface area contributed by atoms with Crippen LogP contribution in [0.5, 0.6) is 0 Å². The monoisotopic (exact) mass is 390 g/mol. The average Bonchev–Trinajstić information content (AvgIpc) is 3.18. The molecule has 30 heavy (non-hydrogen) atoms. The Morgan fingerprint density at radius 2 is 1.47 bits per heavy atom. The van der Waals surface area contributed by atoms with Gasteiger partial charge in [0.15, 0.2) is 0 Å². The minimum absolute atomic E-state index is 0.548. The van der Waals surface area contributed by atoms with Gasteiger partial charge in [0, 0.05) is 33.6 Å². The molecule has 0 unspecified atom stereocenters. The fraction of sp³-hybridized carbons (Fsp3) is 0.179. The molecule has 1 N–H and O–H groups in total. The van der Waals surface area contributed by atoms with Crippen molar-refractivity contribution in [3.63, 3.8) is 0 Å². The molecule has 0 aliphatic rings. The molecule has 0 saturated carbocycles. The molecular weight excluding hydrogens is 364 g/mol. The van der Waals surface area contributed by atoms with Gasteiger partial charge >= 0.3 is 0 Å². The number of nitrogens with one attached hydrogen (secondary N) is 1. The molecule has 0 radical (unpaired) electrons. The second-order valence-electron chi connectivity index (χ2n) is 7.96. The van der Waals surface area contributed by atoms with Gasteiger partial charge in [0.1, 0.15) is 0 Å². The van der Waals surface area contributed by atoms with Crippen LogP contribution in [0.3, 0.4) is 0 Å². The SMILES string of the molecule is CCC(CC)c1ccc(-c2ccc3[nH]c4ccccc4c3c2)cc1-c1ccccn1. The topological polar surface area (TPSA) is 28.7 Å². The van der Waals surface area contributed by atoms with Crippen LogP contribution in [0.1, 0.15) is 38.2 Å². The first-order valence-electron chi connectivity index (χ1n) is 10.8. The number of hydrogen-bond donors (Lipinski definition) is 1. The molecule has 2 heteroatoms. The lowest BCUT2D eigenvalue weighted by atomic mass is 9.86. The minimum Gasteiger partial charge on any atom is -0.355 e. The van der Waals surface area contributed by atoms with Gasteiger partial charge in [0.05, 0.1) is 5.69 Å². The molecule has 5 aromatic rings. The first-order valence-corrected chi connectivity index (χ1v) is 10.8. The maximum absolute atomic E-state index is 4.67. The third-order valence-electron chi connectivity index (χ3n) is 6.26. The van der Waals surface area contributed by atoms with Gasteiger partial charge in [0.2, 0.25) is 0 Å². The van der Waals surface area contributed by atoms with Gasteiger partial charge in [-0.25, -0.2) is 0 Å². The summed E-state index contributed by atoms with van der Waals surface area (Å²) in [5, 5.41) is 2.54. The molecule has 0 bridgehead atoms. The molecule has 0 aliphatic heterocycles. The van der Waals surface area contributed by atoms with Crippen molar-refractivity contribution in [2.24, 2.45) is 0 Å². The predicted molar refractivity (Wildman–Crippen MR) is 128 cm³/mol. The number of benzene rings is 3. The highest BCUT2D eigenvalue weighted by molar-refractivity contribution is 6.08. The van der Waals surface area contributed by atoms with Crippen molar-refractivity contribution in [2.45, 2.75) is 32.6 Å². The van der Waals surface area contributed by atoms with Crippen LogP contribution in [0.2, 0.25) is 0 Å². The first kappa shape index (κ1) is 18.6. The first-order chi connectivity index (χ1) is 14.8. The quantitative estimate of drug-likeness (QED) is 0.324. The Labute approximate surface area is 177 Å². The Morgan fingerprint density at radius 1 is 0.733 bits per heavy atom. The summed E-state index contributed by atoms with van der Waals surface area (Å²) in [7, 11) is 0. The van der Waals surface area contributed by atoms with E-state index in [2.05, 4.69) is 96.6 Å². The van der Waals surface area contributed by atoms with Crippen LogP contribution >= 0.6 is 0 Å². The lowest BCUT2D eigenvalue weighted by molar-refractivity contribution is 0.643. The van der Waals surface area contributed by atoms with Gasteiger partial charge in [-0.15, -0.1) is 0 Å². The highest BCUT2D eigenvalue weighted by atomic mass is 14.7. The van der Waals surface area contributed by atoms with Gasteiger partial charge in [-0.05, 0) is 71.8 Å². The number of rotatable bonds is 5. The van der Waals surface area contributed by atoms with Gasteiger partial charge < -0.3 is 4.98 Å². The Kier molecular flexibility index (Phi) is 4.84. The number of aromatic amines is 1. The summed E-state index contributed by atoms with van der Waals surface area (Å²) in [6.45, 7) is 4.55. The zero-order chi connectivity index (χ0) is 20.5. The Bertz CT molecular complexity index is 1310. The zero-order valence-corrected chi connectivity index (χ0v) is 17.5. The normalized spacial score (nSPS) is 11.6. The van der Waals surface area contributed by atoms with E-state index >= 15 is 0 Å². The molecule has 0 saturated heterocycles. The van der Waals surface area contributed by atoms with Crippen LogP contribution in [-0.4, -0.2) is 9.97 Å². The van der Waals surface area contributed by atoms with Crippen molar-refractivity contribution in [1.82, 2.24) is 9.97 Å². The average molecular weight is 391 g/mol. The molecule has 0 spiro atoms. The number of fused-ring (bicyclic) bond motifs is 3. The van der Waals surface area contributed by atoms with Gasteiger partial charge in [-0.2, -0.15) is 0 Å². The molecule has 0 aliphatic carbocycles. The lowest BCUT2D eigenvalue weighted by Crippen LogP contribution is -2.00. The number of aromatic nitrogens is 2. The number of nitrogens with zero attached hydrogens (tertiary/aromatic N) is 1. The van der Waals surface area contributed by atoms with Crippen molar-refractivity contribution in [2.75, 3.05) is 0 Å². The highest BCUT2D eigenvalue weighted by Gasteiger charge is 2.15. The second-order valence-corrected chi connectivity index (χ2v) is 7.96. The lowest BCUT2D eigenvalue weighted by Gasteiger charge is -2.19. The van der Waals surface area contributed by atoms with Crippen LogP contribution in [0, 0.1) is 0 Å². The summed E-state index contributed by atoms with van der Waals surface area (Å²) in [5.74, 6) is 0.548. The molecule has 5 rings (SSSR count). The van der Waals surface area contributed by atoms with Crippen molar-refractivity contribution < 1.29 is 0 Å². The molecule has 2 nitrogen and oxygen atoms in total. The number of H-pyrrole nitrogens is 1. The predicted octanol–water partition coefficient (Wildman–Crippen LogP) is 7.95. The van der Waals surface area contributed by atoms with E-state index in [0.717, 1.165) is 18.5 Å². The Morgan fingerprint density at radius 3 is 2.27 bits per heavy atom. The summed E-state index contributed by atoms with van der Waals surface area (Å²) in [4.78, 5) is 8.20. The Balaban J connectivity index is 1.68. The van der Waals surface area contributed by atoms with Crippen molar-refractivity contribution in [1.29, 1.82) is 0 Å². The van der Waals surface area contributed by atoms with Crippen LogP contribution in [0.4, 0.5) is 0 Å². The smallest absolute Gasteiger partial charge is 0.0705 e. The summed E-state index contributed by atoms with van der Waals surface area (Å²) in [6, 6.07) is 28.3. The van der Waals surface area contributed by atoms with Crippen LogP contribution in [0.25, 0.3) is 44.2 Å². The summed E-state index contributed by atoms with van der Waals surface area (Å²) >= 11 is 0. The van der Waals surface area contributed by atoms with E-state index in [1.807, 2.05) is 12.3 Å². The number of hydrogen-bond acceptors (Lipinski definition) is 1. The van der Waals surface area contributed by atoms with E-state index in [1.54, 1.807) is 0 Å². The van der Waals surface area contributed by atoms with Gasteiger partial charge in [0.25, 0.3) is 0 Å². The van der Waals surface area contributed by atoms with Crippen LogP contribution in [0.15, 0.2) is 85.1 Å². The molecule has 148 valence electrons. The van der Waals surface area contributed by atoms with Gasteiger partial charge in [-0.3, -0.25) is 4.98 Å². The maximum Gasteiger partial charge on any atom is 0.0705 e. The molecule has 0 fully saturated rings. The molecule has 2 heterocycles. The van der Waals surface area contributed by atoms with E-state index in [-0.39, 0.29) is 0 Å². The number of pyridine rings is 1. The maximum atomic E-state index is 4.67. The largest absolute Gasteiger partial charge is 0.355 e. The molecule has 0 atom stereocenters. The molecule has 0 amide bonds. The molecular formula is C28H26N2. The fourth-order valence-electron chi connectivity index (χ4n) is 4.59. The third-order valence-corrected chi connectivity index (χ3v) is 6.26. The Hall–Kier alpha value is -3.39. The van der Waals surface area contributed by atoms with E-state index in [1.165, 1.54) is 44.1 Å². The van der Waals surface area contributed by atoms with Crippen molar-refractivity contribution in [3.05, 3.63) is 90.6 Å². The third kappa shape index (κ3) is 3.19. The summed E-state index contributed by atoms with van der Waals surface area (Å²) in [5.41, 5.74) is 8.53. The van der Waals surface area contributed by atoms with Crippen molar-refractivity contribution in [3.8, 4) is 22.4 Å². The summed E-state index contributed by atoms with van der Waals surface area (Å²) < 4.78 is 0. The fourth-order valence-corrected chi connectivity index (χ4v) is 4.59. The van der Waals surface area contributed by atoms with E-state index < -0.39 is 0 Å². The molecule has 3 aromatic carbocycles. The van der Waals surface area contributed by atoms with E-state index in [4.69, 9.17) is 0 Å². The number of para-hydroxylation sites is 1.